The van der Waals surface area contributed by atoms with E-state index in [4.69, 9.17) is 0 Å². The number of non-ortho nitro benzene ring substituents is 1. The molecule has 1 aliphatic rings. The second-order valence-corrected chi connectivity index (χ2v) is 8.79. The van der Waals surface area contributed by atoms with Gasteiger partial charge in [0.1, 0.15) is 5.82 Å². The number of sulfonamides is 1. The van der Waals surface area contributed by atoms with Gasteiger partial charge in [0, 0.05) is 43.7 Å². The van der Waals surface area contributed by atoms with Gasteiger partial charge in [-0.2, -0.15) is 4.31 Å². The van der Waals surface area contributed by atoms with Crippen LogP contribution in [0.4, 0.5) is 11.5 Å². The predicted molar refractivity (Wildman–Crippen MR) is 111 cm³/mol. The molecule has 4 rings (SSSR count). The maximum Gasteiger partial charge on any atom is 0.269 e. The molecular formula is C20H18N4O5S. The number of pyridine rings is 1. The van der Waals surface area contributed by atoms with Gasteiger partial charge in [-0.25, -0.2) is 13.4 Å². The van der Waals surface area contributed by atoms with Crippen LogP contribution in [-0.4, -0.2) is 55.1 Å². The normalized spacial score (nSPS) is 15.3. The molecule has 2 aromatic carbocycles. The molecule has 154 valence electrons. The Kier molecular flexibility index (Phi) is 5.18. The van der Waals surface area contributed by atoms with Gasteiger partial charge in [0.15, 0.2) is 6.29 Å². The summed E-state index contributed by atoms with van der Waals surface area (Å²) in [6.45, 7) is 1.18. The van der Waals surface area contributed by atoms with Crippen molar-refractivity contribution in [2.75, 3.05) is 31.1 Å². The summed E-state index contributed by atoms with van der Waals surface area (Å²) >= 11 is 0. The van der Waals surface area contributed by atoms with Crippen LogP contribution in [0.25, 0.3) is 10.9 Å². The van der Waals surface area contributed by atoms with Gasteiger partial charge in [0.25, 0.3) is 5.69 Å². The van der Waals surface area contributed by atoms with E-state index in [1.54, 1.807) is 6.07 Å². The molecule has 0 unspecified atom stereocenters. The molecule has 1 aromatic heterocycles. The van der Waals surface area contributed by atoms with Crippen LogP contribution in [0.5, 0.6) is 0 Å². The number of nitrogens with zero attached hydrogens (tertiary/aromatic N) is 4. The van der Waals surface area contributed by atoms with Gasteiger partial charge in [0.2, 0.25) is 10.0 Å². The summed E-state index contributed by atoms with van der Waals surface area (Å²) in [6.07, 6.45) is 0.759. The average molecular weight is 426 g/mol. The van der Waals surface area contributed by atoms with Gasteiger partial charge in [-0.15, -0.1) is 0 Å². The number of anilines is 1. The molecule has 1 saturated heterocycles. The Morgan fingerprint density at radius 3 is 2.30 bits per heavy atom. The summed E-state index contributed by atoms with van der Waals surface area (Å²) in [7, 11) is -3.77. The number of hydrogen-bond acceptors (Lipinski definition) is 7. The highest BCUT2D eigenvalue weighted by Gasteiger charge is 2.30. The maximum absolute atomic E-state index is 12.9. The second kappa shape index (κ2) is 7.81. The molecule has 0 radical (unpaired) electrons. The van der Waals surface area contributed by atoms with Gasteiger partial charge in [-0.05, 0) is 24.3 Å². The molecule has 30 heavy (non-hydrogen) atoms. The van der Waals surface area contributed by atoms with Crippen molar-refractivity contribution in [2.45, 2.75) is 4.90 Å². The van der Waals surface area contributed by atoms with Crippen LogP contribution in [0.15, 0.2) is 59.5 Å². The first-order valence-corrected chi connectivity index (χ1v) is 10.7. The van der Waals surface area contributed by atoms with E-state index in [1.165, 1.54) is 28.6 Å². The fraction of sp³-hybridized carbons (Fsp3) is 0.200. The zero-order valence-electron chi connectivity index (χ0n) is 15.8. The smallest absolute Gasteiger partial charge is 0.269 e. The Bertz CT molecular complexity index is 1220. The summed E-state index contributed by atoms with van der Waals surface area (Å²) in [4.78, 5) is 28.3. The number of para-hydroxylation sites is 1. The molecule has 0 spiro atoms. The van der Waals surface area contributed by atoms with Crippen molar-refractivity contribution in [1.82, 2.24) is 9.29 Å². The number of hydrogen-bond donors (Lipinski definition) is 0. The van der Waals surface area contributed by atoms with Gasteiger partial charge in [-0.1, -0.05) is 18.2 Å². The molecule has 0 N–H and O–H groups in total. The number of benzene rings is 2. The number of aromatic nitrogens is 1. The number of nitro groups is 1. The third-order valence-corrected chi connectivity index (χ3v) is 7.00. The van der Waals surface area contributed by atoms with Crippen molar-refractivity contribution in [3.05, 3.63) is 70.3 Å². The lowest BCUT2D eigenvalue weighted by Crippen LogP contribution is -2.49. The zero-order chi connectivity index (χ0) is 21.3. The number of carbonyl (C=O) groups is 1. The lowest BCUT2D eigenvalue weighted by Gasteiger charge is -2.35. The third-order valence-electron chi connectivity index (χ3n) is 5.08. The number of rotatable bonds is 5. The molecule has 0 atom stereocenters. The molecule has 1 fully saturated rings. The van der Waals surface area contributed by atoms with E-state index >= 15 is 0 Å². The Hall–Kier alpha value is -3.37. The number of fused-ring (bicyclic) bond motifs is 1. The van der Waals surface area contributed by atoms with Crippen molar-refractivity contribution in [1.29, 1.82) is 0 Å². The van der Waals surface area contributed by atoms with Gasteiger partial charge < -0.3 is 4.90 Å². The van der Waals surface area contributed by atoms with Crippen LogP contribution in [0.2, 0.25) is 0 Å². The van der Waals surface area contributed by atoms with E-state index in [1.807, 2.05) is 29.2 Å². The third kappa shape index (κ3) is 3.62. The lowest BCUT2D eigenvalue weighted by molar-refractivity contribution is -0.384. The highest BCUT2D eigenvalue weighted by atomic mass is 32.2. The quantitative estimate of drug-likeness (QED) is 0.350. The number of nitro benzene ring substituents is 1. The number of carbonyl (C=O) groups excluding carboxylic acids is 1. The van der Waals surface area contributed by atoms with Crippen LogP contribution in [0.1, 0.15) is 10.4 Å². The van der Waals surface area contributed by atoms with Crippen LogP contribution in [0.3, 0.4) is 0 Å². The van der Waals surface area contributed by atoms with E-state index in [0.717, 1.165) is 17.2 Å². The van der Waals surface area contributed by atoms with Crippen molar-refractivity contribution >= 4 is 38.7 Å². The minimum atomic E-state index is -3.77. The summed E-state index contributed by atoms with van der Waals surface area (Å²) < 4.78 is 27.1. The molecule has 0 aliphatic carbocycles. The molecular weight excluding hydrogens is 408 g/mol. The Morgan fingerprint density at radius 1 is 1.00 bits per heavy atom. The monoisotopic (exact) mass is 426 g/mol. The topological polar surface area (TPSA) is 114 Å². The summed E-state index contributed by atoms with van der Waals surface area (Å²) in [6, 6.07) is 14.1. The van der Waals surface area contributed by atoms with Crippen molar-refractivity contribution in [2.24, 2.45) is 0 Å². The van der Waals surface area contributed by atoms with E-state index in [-0.39, 0.29) is 23.7 Å². The van der Waals surface area contributed by atoms with Crippen molar-refractivity contribution in [3.63, 3.8) is 0 Å². The molecule has 0 amide bonds. The van der Waals surface area contributed by atoms with Crippen LogP contribution < -0.4 is 4.90 Å². The fourth-order valence-electron chi connectivity index (χ4n) is 3.49. The fourth-order valence-corrected chi connectivity index (χ4v) is 4.91. The van der Waals surface area contributed by atoms with E-state index in [0.29, 0.717) is 24.5 Å². The van der Waals surface area contributed by atoms with Crippen LogP contribution in [-0.2, 0) is 10.0 Å². The first-order valence-electron chi connectivity index (χ1n) is 9.24. The molecule has 1 aliphatic heterocycles. The second-order valence-electron chi connectivity index (χ2n) is 6.85. The Balaban J connectivity index is 1.54. The van der Waals surface area contributed by atoms with Crippen LogP contribution >= 0.6 is 0 Å². The molecule has 10 heteroatoms. The predicted octanol–water partition coefficient (Wildman–Crippen LogP) is 2.47. The molecule has 3 aromatic rings. The summed E-state index contributed by atoms with van der Waals surface area (Å²) in [5.41, 5.74) is 1.06. The Morgan fingerprint density at radius 2 is 1.67 bits per heavy atom. The SMILES string of the molecule is O=Cc1cc2ccccc2nc1N1CCN(S(=O)(=O)c2ccc([N+](=O)[O-])cc2)CC1. The van der Waals surface area contributed by atoms with Gasteiger partial charge in [0.05, 0.1) is 20.9 Å². The summed E-state index contributed by atoms with van der Waals surface area (Å²) in [5.74, 6) is 0.538. The first-order chi connectivity index (χ1) is 14.4. The summed E-state index contributed by atoms with van der Waals surface area (Å²) in [5, 5.41) is 11.6. The Labute approximate surface area is 172 Å². The maximum atomic E-state index is 12.9. The van der Waals surface area contributed by atoms with Gasteiger partial charge >= 0.3 is 0 Å². The highest BCUT2D eigenvalue weighted by Crippen LogP contribution is 2.26. The zero-order valence-corrected chi connectivity index (χ0v) is 16.7. The molecule has 9 nitrogen and oxygen atoms in total. The van der Waals surface area contributed by atoms with E-state index in [2.05, 4.69) is 4.98 Å². The van der Waals surface area contributed by atoms with E-state index < -0.39 is 14.9 Å². The largest absolute Gasteiger partial charge is 0.353 e. The molecule has 0 bridgehead atoms. The minimum Gasteiger partial charge on any atom is -0.353 e. The first kappa shape index (κ1) is 19.9. The van der Waals surface area contributed by atoms with Crippen molar-refractivity contribution < 1.29 is 18.1 Å². The highest BCUT2D eigenvalue weighted by molar-refractivity contribution is 7.89. The molecule has 0 saturated carbocycles. The number of piperazine rings is 1. The lowest BCUT2D eigenvalue weighted by atomic mass is 10.1. The van der Waals surface area contributed by atoms with Gasteiger partial charge in [-0.3, -0.25) is 14.9 Å². The average Bonchev–Trinajstić information content (AvgIpc) is 2.78. The minimum absolute atomic E-state index is 0.0129. The standard InChI is InChI=1S/C20H18N4O5S/c25-14-16-13-15-3-1-2-4-19(15)21-20(16)22-9-11-23(12-10-22)30(28,29)18-7-5-17(6-8-18)24(26)27/h1-8,13-14H,9-12H2. The molecule has 2 heterocycles. The van der Waals surface area contributed by atoms with Crippen LogP contribution in [0, 0.1) is 10.1 Å². The number of aldehydes is 1. The van der Waals surface area contributed by atoms with Crippen molar-refractivity contribution in [3.8, 4) is 0 Å². The van der Waals surface area contributed by atoms with E-state index in [9.17, 15) is 23.3 Å².